The summed E-state index contributed by atoms with van der Waals surface area (Å²) in [5.74, 6) is -1.52. The Hall–Kier alpha value is -1.18. The van der Waals surface area contributed by atoms with E-state index in [1.165, 1.54) is 7.11 Å². The van der Waals surface area contributed by atoms with E-state index in [0.717, 1.165) is 0 Å². The van der Waals surface area contributed by atoms with Crippen LogP contribution in [0.5, 0.6) is 0 Å². The number of aliphatic carboxylic acids is 1. The molecule has 0 saturated carbocycles. The summed E-state index contributed by atoms with van der Waals surface area (Å²) in [5, 5.41) is 11.3. The van der Waals surface area contributed by atoms with Crippen molar-refractivity contribution in [1.29, 1.82) is 0 Å². The third kappa shape index (κ3) is 8.61. The second-order valence-electron chi connectivity index (χ2n) is 3.43. The molecule has 0 rings (SSSR count). The summed E-state index contributed by atoms with van der Waals surface area (Å²) >= 11 is 0. The van der Waals surface area contributed by atoms with Gasteiger partial charge in [0.05, 0.1) is 6.61 Å². The molecule has 0 aliphatic heterocycles. The van der Waals surface area contributed by atoms with Crippen molar-refractivity contribution in [2.45, 2.75) is 18.9 Å². The van der Waals surface area contributed by atoms with Crippen LogP contribution in [0.25, 0.3) is 0 Å². The minimum Gasteiger partial charge on any atom is -0.480 e. The van der Waals surface area contributed by atoms with Crippen molar-refractivity contribution in [3.05, 3.63) is 0 Å². The van der Waals surface area contributed by atoms with Gasteiger partial charge in [0.1, 0.15) is 12.6 Å². The van der Waals surface area contributed by atoms with Crippen LogP contribution in [0.1, 0.15) is 12.8 Å². The van der Waals surface area contributed by atoms with Gasteiger partial charge in [-0.05, 0) is 12.8 Å². The zero-order valence-corrected chi connectivity index (χ0v) is 9.98. The van der Waals surface area contributed by atoms with E-state index in [0.29, 0.717) is 26.0 Å². The number of ether oxygens (including phenoxy) is 2. The second-order valence-corrected chi connectivity index (χ2v) is 3.43. The Balaban J connectivity index is 3.89. The number of carboxylic acid groups (broad SMARTS) is 1. The van der Waals surface area contributed by atoms with Gasteiger partial charge in [0.2, 0.25) is 5.91 Å². The molecule has 0 aliphatic rings. The fraction of sp³-hybridized carbons (Fsp3) is 0.800. The third-order valence-electron chi connectivity index (χ3n) is 1.97. The maximum Gasteiger partial charge on any atom is 0.326 e. The number of carbonyl (C=O) groups is 2. The molecule has 0 aromatic rings. The molecule has 0 aromatic carbocycles. The molecule has 0 heterocycles. The number of nitrogens with one attached hydrogen (secondary N) is 1. The SMILES string of the molecule is COCCCC(NC(=O)COCCN)C(=O)O. The van der Waals surface area contributed by atoms with Crippen molar-refractivity contribution in [3.63, 3.8) is 0 Å². The largest absolute Gasteiger partial charge is 0.480 e. The van der Waals surface area contributed by atoms with E-state index in [1.54, 1.807) is 0 Å². The smallest absolute Gasteiger partial charge is 0.326 e. The first kappa shape index (κ1) is 15.8. The first-order chi connectivity index (χ1) is 8.11. The minimum absolute atomic E-state index is 0.175. The summed E-state index contributed by atoms with van der Waals surface area (Å²) in [6.45, 7) is 0.882. The Morgan fingerprint density at radius 3 is 2.65 bits per heavy atom. The van der Waals surface area contributed by atoms with Crippen LogP contribution in [0.15, 0.2) is 0 Å². The first-order valence-corrected chi connectivity index (χ1v) is 5.40. The molecular formula is C10H20N2O5. The summed E-state index contributed by atoms with van der Waals surface area (Å²) in [5.41, 5.74) is 5.18. The Bertz CT molecular complexity index is 235. The lowest BCUT2D eigenvalue weighted by Gasteiger charge is -2.14. The predicted octanol–water partition coefficient (Wildman–Crippen LogP) is -1.04. The van der Waals surface area contributed by atoms with Crippen LogP contribution >= 0.6 is 0 Å². The number of nitrogens with two attached hydrogens (primary N) is 1. The van der Waals surface area contributed by atoms with Crippen LogP contribution in [-0.2, 0) is 19.1 Å². The Kier molecular flexibility index (Phi) is 9.31. The number of rotatable bonds is 10. The van der Waals surface area contributed by atoms with Crippen LogP contribution in [0.4, 0.5) is 0 Å². The fourth-order valence-electron chi connectivity index (χ4n) is 1.17. The molecule has 7 nitrogen and oxygen atoms in total. The van der Waals surface area contributed by atoms with E-state index in [4.69, 9.17) is 20.3 Å². The van der Waals surface area contributed by atoms with Crippen LogP contribution < -0.4 is 11.1 Å². The molecule has 0 saturated heterocycles. The Morgan fingerprint density at radius 1 is 1.41 bits per heavy atom. The van der Waals surface area contributed by atoms with Crippen LogP contribution in [0.3, 0.4) is 0 Å². The molecule has 4 N–H and O–H groups in total. The van der Waals surface area contributed by atoms with Crippen molar-refractivity contribution in [3.8, 4) is 0 Å². The lowest BCUT2D eigenvalue weighted by Crippen LogP contribution is -2.42. The predicted molar refractivity (Wildman–Crippen MR) is 60.5 cm³/mol. The number of carbonyl (C=O) groups excluding carboxylic acids is 1. The summed E-state index contributed by atoms with van der Waals surface area (Å²) < 4.78 is 9.71. The van der Waals surface area contributed by atoms with Gasteiger partial charge in [-0.3, -0.25) is 4.79 Å². The third-order valence-corrected chi connectivity index (χ3v) is 1.97. The monoisotopic (exact) mass is 248 g/mol. The van der Waals surface area contributed by atoms with E-state index in [-0.39, 0.29) is 13.2 Å². The van der Waals surface area contributed by atoms with Crippen LogP contribution in [0.2, 0.25) is 0 Å². The summed E-state index contributed by atoms with van der Waals surface area (Å²) in [7, 11) is 1.54. The standard InChI is InChI=1S/C10H20N2O5/c1-16-5-2-3-8(10(14)15)12-9(13)7-17-6-4-11/h8H,2-7,11H2,1H3,(H,12,13)(H,14,15). The number of carboxylic acids is 1. The van der Waals surface area contributed by atoms with E-state index in [9.17, 15) is 9.59 Å². The fourth-order valence-corrected chi connectivity index (χ4v) is 1.17. The Labute approximate surface area is 100 Å². The molecule has 17 heavy (non-hydrogen) atoms. The van der Waals surface area contributed by atoms with Gasteiger partial charge in [0.15, 0.2) is 0 Å². The topological polar surface area (TPSA) is 111 Å². The quantitative estimate of drug-likeness (QED) is 0.426. The average molecular weight is 248 g/mol. The van der Waals surface area contributed by atoms with E-state index in [1.807, 2.05) is 0 Å². The van der Waals surface area contributed by atoms with Crippen molar-refractivity contribution < 1.29 is 24.2 Å². The minimum atomic E-state index is -1.06. The van der Waals surface area contributed by atoms with Gasteiger partial charge in [-0.25, -0.2) is 4.79 Å². The van der Waals surface area contributed by atoms with Gasteiger partial charge in [0.25, 0.3) is 0 Å². The van der Waals surface area contributed by atoms with Gasteiger partial charge >= 0.3 is 5.97 Å². The highest BCUT2D eigenvalue weighted by molar-refractivity contribution is 5.84. The number of methoxy groups -OCH3 is 1. The normalized spacial score (nSPS) is 12.1. The zero-order chi connectivity index (χ0) is 13.1. The van der Waals surface area contributed by atoms with E-state index < -0.39 is 17.9 Å². The van der Waals surface area contributed by atoms with E-state index >= 15 is 0 Å². The number of hydrogen-bond acceptors (Lipinski definition) is 5. The van der Waals surface area contributed by atoms with Crippen molar-refractivity contribution in [2.75, 3.05) is 33.5 Å². The van der Waals surface area contributed by atoms with Crippen molar-refractivity contribution in [1.82, 2.24) is 5.32 Å². The van der Waals surface area contributed by atoms with Gasteiger partial charge < -0.3 is 25.6 Å². The Morgan fingerprint density at radius 2 is 2.12 bits per heavy atom. The molecular weight excluding hydrogens is 228 g/mol. The molecule has 0 radical (unpaired) electrons. The van der Waals surface area contributed by atoms with Gasteiger partial charge in [-0.2, -0.15) is 0 Å². The van der Waals surface area contributed by atoms with E-state index in [2.05, 4.69) is 5.32 Å². The molecule has 0 bridgehead atoms. The molecule has 0 spiro atoms. The highest BCUT2D eigenvalue weighted by Crippen LogP contribution is 1.98. The maximum absolute atomic E-state index is 11.3. The van der Waals surface area contributed by atoms with Crippen molar-refractivity contribution >= 4 is 11.9 Å². The lowest BCUT2D eigenvalue weighted by atomic mass is 10.1. The molecule has 0 fully saturated rings. The van der Waals surface area contributed by atoms with Gasteiger partial charge in [-0.1, -0.05) is 0 Å². The average Bonchev–Trinajstić information content (AvgIpc) is 2.28. The molecule has 1 unspecified atom stereocenters. The van der Waals surface area contributed by atoms with Crippen LogP contribution in [-0.4, -0.2) is 56.5 Å². The lowest BCUT2D eigenvalue weighted by molar-refractivity contribution is -0.142. The van der Waals surface area contributed by atoms with Gasteiger partial charge in [0, 0.05) is 20.3 Å². The van der Waals surface area contributed by atoms with Gasteiger partial charge in [-0.15, -0.1) is 0 Å². The number of hydrogen-bond donors (Lipinski definition) is 3. The highest BCUT2D eigenvalue weighted by Gasteiger charge is 2.19. The number of amides is 1. The summed E-state index contributed by atoms with van der Waals surface area (Å²) in [6, 6.07) is -0.904. The summed E-state index contributed by atoms with van der Waals surface area (Å²) in [6.07, 6.45) is 0.892. The molecule has 1 atom stereocenters. The molecule has 1 amide bonds. The molecule has 100 valence electrons. The first-order valence-electron chi connectivity index (χ1n) is 5.40. The molecule has 0 aromatic heterocycles. The van der Waals surface area contributed by atoms with Crippen LogP contribution in [0, 0.1) is 0 Å². The second kappa shape index (κ2) is 10.0. The molecule has 7 heteroatoms. The highest BCUT2D eigenvalue weighted by atomic mass is 16.5. The molecule has 0 aliphatic carbocycles. The van der Waals surface area contributed by atoms with Crippen molar-refractivity contribution in [2.24, 2.45) is 5.73 Å². The maximum atomic E-state index is 11.3. The zero-order valence-electron chi connectivity index (χ0n) is 9.98. The summed E-state index contributed by atoms with van der Waals surface area (Å²) in [4.78, 5) is 22.1.